The van der Waals surface area contributed by atoms with Crippen molar-refractivity contribution in [3.8, 4) is 0 Å². The molecule has 3 N–H and O–H groups in total. The maximum atomic E-state index is 6.10. The average molecular weight is 198 g/mol. The van der Waals surface area contributed by atoms with Gasteiger partial charge in [0.15, 0.2) is 0 Å². The van der Waals surface area contributed by atoms with Gasteiger partial charge in [-0.25, -0.2) is 0 Å². The lowest BCUT2D eigenvalue weighted by Crippen LogP contribution is -2.50. The highest BCUT2D eigenvalue weighted by molar-refractivity contribution is 4.85. The third kappa shape index (κ3) is 3.97. The highest BCUT2D eigenvalue weighted by Gasteiger charge is 2.22. The molecule has 0 aliphatic heterocycles. The molecule has 14 heavy (non-hydrogen) atoms. The molecule has 0 aromatic carbocycles. The van der Waals surface area contributed by atoms with Crippen LogP contribution in [0.15, 0.2) is 0 Å². The van der Waals surface area contributed by atoms with Gasteiger partial charge in [0.2, 0.25) is 0 Å². The molecule has 1 aliphatic carbocycles. The van der Waals surface area contributed by atoms with E-state index < -0.39 is 0 Å². The van der Waals surface area contributed by atoms with Crippen molar-refractivity contribution in [2.24, 2.45) is 11.7 Å². The standard InChI is InChI=1S/C12H26N2/c1-9(2)8-10(3)14-12-7-5-4-6-11(12)13/h9-12,14H,4-8,13H2,1-3H3/t10?,11-,12-/m1/s1. The van der Waals surface area contributed by atoms with Crippen molar-refractivity contribution in [2.45, 2.75) is 71.0 Å². The second-order valence-electron chi connectivity index (χ2n) is 5.25. The average Bonchev–Trinajstić information content (AvgIpc) is 2.07. The quantitative estimate of drug-likeness (QED) is 0.727. The number of hydrogen-bond donors (Lipinski definition) is 2. The minimum absolute atomic E-state index is 0.387. The molecule has 3 atom stereocenters. The molecule has 1 unspecified atom stereocenters. The van der Waals surface area contributed by atoms with Gasteiger partial charge in [-0.3, -0.25) is 0 Å². The van der Waals surface area contributed by atoms with Crippen LogP contribution in [-0.4, -0.2) is 18.1 Å². The molecule has 0 bridgehead atoms. The molecule has 0 spiro atoms. The molecule has 0 heterocycles. The van der Waals surface area contributed by atoms with Gasteiger partial charge in [0, 0.05) is 18.1 Å². The molecule has 1 aliphatic rings. The zero-order valence-corrected chi connectivity index (χ0v) is 9.92. The Labute approximate surface area is 88.6 Å². The number of rotatable bonds is 4. The fourth-order valence-electron chi connectivity index (χ4n) is 2.51. The summed E-state index contributed by atoms with van der Waals surface area (Å²) in [6.07, 6.45) is 6.39. The van der Waals surface area contributed by atoms with Gasteiger partial charge in [0.1, 0.15) is 0 Å². The molecule has 1 fully saturated rings. The predicted octanol–water partition coefficient (Wildman–Crippen LogP) is 2.28. The molecule has 2 nitrogen and oxygen atoms in total. The lowest BCUT2D eigenvalue weighted by Gasteiger charge is -2.32. The zero-order valence-electron chi connectivity index (χ0n) is 9.92. The predicted molar refractivity (Wildman–Crippen MR) is 62.3 cm³/mol. The first kappa shape index (κ1) is 12.0. The van der Waals surface area contributed by atoms with Crippen molar-refractivity contribution in [1.82, 2.24) is 5.32 Å². The first-order chi connectivity index (χ1) is 6.59. The van der Waals surface area contributed by atoms with Crippen LogP contribution in [0.3, 0.4) is 0 Å². The van der Waals surface area contributed by atoms with Crippen molar-refractivity contribution < 1.29 is 0 Å². The van der Waals surface area contributed by atoms with Crippen LogP contribution in [0.1, 0.15) is 52.9 Å². The largest absolute Gasteiger partial charge is 0.326 e. The summed E-state index contributed by atoms with van der Waals surface area (Å²) in [5, 5.41) is 3.67. The summed E-state index contributed by atoms with van der Waals surface area (Å²) in [7, 11) is 0. The van der Waals surface area contributed by atoms with E-state index in [2.05, 4.69) is 26.1 Å². The van der Waals surface area contributed by atoms with E-state index in [1.165, 1.54) is 32.1 Å². The zero-order chi connectivity index (χ0) is 10.6. The molecular formula is C12H26N2. The molecule has 84 valence electrons. The van der Waals surface area contributed by atoms with Gasteiger partial charge in [-0.15, -0.1) is 0 Å². The lowest BCUT2D eigenvalue weighted by atomic mass is 9.90. The lowest BCUT2D eigenvalue weighted by molar-refractivity contribution is 0.290. The van der Waals surface area contributed by atoms with Crippen molar-refractivity contribution in [2.75, 3.05) is 0 Å². The minimum atomic E-state index is 0.387. The van der Waals surface area contributed by atoms with Crippen LogP contribution in [0.5, 0.6) is 0 Å². The topological polar surface area (TPSA) is 38.0 Å². The Bertz CT molecular complexity index is 156. The van der Waals surface area contributed by atoms with E-state index in [9.17, 15) is 0 Å². The SMILES string of the molecule is CC(C)CC(C)N[C@@H]1CCCC[C@H]1N. The molecule has 2 heteroatoms. The number of hydrogen-bond acceptors (Lipinski definition) is 2. The molecule has 1 rings (SSSR count). The third-order valence-electron chi connectivity index (χ3n) is 3.14. The molecular weight excluding hydrogens is 172 g/mol. The summed E-state index contributed by atoms with van der Waals surface area (Å²) in [4.78, 5) is 0. The fraction of sp³-hybridized carbons (Fsp3) is 1.00. The Morgan fingerprint density at radius 3 is 2.43 bits per heavy atom. The van der Waals surface area contributed by atoms with Gasteiger partial charge in [-0.05, 0) is 32.1 Å². The second-order valence-corrected chi connectivity index (χ2v) is 5.25. The fourth-order valence-corrected chi connectivity index (χ4v) is 2.51. The summed E-state index contributed by atoms with van der Waals surface area (Å²) in [5.74, 6) is 0.775. The van der Waals surface area contributed by atoms with Gasteiger partial charge in [-0.2, -0.15) is 0 Å². The monoisotopic (exact) mass is 198 g/mol. The Hall–Kier alpha value is -0.0800. The van der Waals surface area contributed by atoms with Crippen LogP contribution < -0.4 is 11.1 Å². The smallest absolute Gasteiger partial charge is 0.0221 e. The van der Waals surface area contributed by atoms with Gasteiger partial charge < -0.3 is 11.1 Å². The van der Waals surface area contributed by atoms with E-state index >= 15 is 0 Å². The summed E-state index contributed by atoms with van der Waals surface area (Å²) < 4.78 is 0. The van der Waals surface area contributed by atoms with Crippen LogP contribution in [0.4, 0.5) is 0 Å². The normalized spacial score (nSPS) is 30.6. The van der Waals surface area contributed by atoms with E-state index in [-0.39, 0.29) is 0 Å². The van der Waals surface area contributed by atoms with E-state index in [4.69, 9.17) is 5.73 Å². The van der Waals surface area contributed by atoms with Crippen molar-refractivity contribution in [3.05, 3.63) is 0 Å². The second kappa shape index (κ2) is 5.72. The first-order valence-corrected chi connectivity index (χ1v) is 6.11. The first-order valence-electron chi connectivity index (χ1n) is 6.11. The highest BCUT2D eigenvalue weighted by Crippen LogP contribution is 2.18. The maximum Gasteiger partial charge on any atom is 0.0221 e. The Morgan fingerprint density at radius 1 is 1.21 bits per heavy atom. The third-order valence-corrected chi connectivity index (χ3v) is 3.14. The maximum absolute atomic E-state index is 6.10. The van der Waals surface area contributed by atoms with Crippen LogP contribution >= 0.6 is 0 Å². The molecule has 0 saturated heterocycles. The van der Waals surface area contributed by atoms with Crippen LogP contribution in [0.25, 0.3) is 0 Å². The van der Waals surface area contributed by atoms with Crippen LogP contribution in [0.2, 0.25) is 0 Å². The van der Waals surface area contributed by atoms with E-state index in [0.717, 1.165) is 5.92 Å². The summed E-state index contributed by atoms with van der Waals surface area (Å²) in [5.41, 5.74) is 6.10. The van der Waals surface area contributed by atoms with Crippen molar-refractivity contribution in [1.29, 1.82) is 0 Å². The summed E-state index contributed by atoms with van der Waals surface area (Å²) >= 11 is 0. The highest BCUT2D eigenvalue weighted by atomic mass is 15.0. The Morgan fingerprint density at radius 2 is 1.86 bits per heavy atom. The minimum Gasteiger partial charge on any atom is -0.326 e. The van der Waals surface area contributed by atoms with E-state index in [1.807, 2.05) is 0 Å². The Kier molecular flexibility index (Phi) is 4.90. The van der Waals surface area contributed by atoms with Gasteiger partial charge in [0.05, 0.1) is 0 Å². The van der Waals surface area contributed by atoms with Gasteiger partial charge in [-0.1, -0.05) is 26.7 Å². The van der Waals surface area contributed by atoms with E-state index in [1.54, 1.807) is 0 Å². The summed E-state index contributed by atoms with van der Waals surface area (Å²) in [6.45, 7) is 6.83. The van der Waals surface area contributed by atoms with Gasteiger partial charge in [0.25, 0.3) is 0 Å². The Balaban J connectivity index is 2.27. The summed E-state index contributed by atoms with van der Waals surface area (Å²) in [6, 6.07) is 1.57. The van der Waals surface area contributed by atoms with Crippen molar-refractivity contribution in [3.63, 3.8) is 0 Å². The van der Waals surface area contributed by atoms with Crippen LogP contribution in [-0.2, 0) is 0 Å². The molecule has 0 amide bonds. The van der Waals surface area contributed by atoms with Crippen LogP contribution in [0, 0.1) is 5.92 Å². The van der Waals surface area contributed by atoms with E-state index in [0.29, 0.717) is 18.1 Å². The molecule has 0 radical (unpaired) electrons. The molecule has 0 aromatic rings. The van der Waals surface area contributed by atoms with Gasteiger partial charge >= 0.3 is 0 Å². The van der Waals surface area contributed by atoms with Crippen molar-refractivity contribution >= 4 is 0 Å². The number of nitrogens with one attached hydrogen (secondary N) is 1. The molecule has 0 aromatic heterocycles. The number of nitrogens with two attached hydrogens (primary N) is 1. The molecule has 1 saturated carbocycles.